The molecule has 0 bridgehead atoms. The Morgan fingerprint density at radius 2 is 1.90 bits per heavy atom. The number of aromatic amines is 1. The Morgan fingerprint density at radius 1 is 1.29 bits per heavy atom. The number of aromatic nitrogens is 2. The number of hydrogen-bond donors (Lipinski definition) is 1. The molecular formula is C14H14N2O4S-2. The van der Waals surface area contributed by atoms with Crippen LogP contribution in [0.4, 0.5) is 0 Å². The van der Waals surface area contributed by atoms with Gasteiger partial charge >= 0.3 is 0 Å². The van der Waals surface area contributed by atoms with Crippen LogP contribution in [0.15, 0.2) is 35.4 Å². The van der Waals surface area contributed by atoms with Crippen LogP contribution >= 0.6 is 11.3 Å². The third kappa shape index (κ3) is 5.62. The molecule has 6 nitrogen and oxygen atoms in total. The highest BCUT2D eigenvalue weighted by Gasteiger charge is 2.12. The van der Waals surface area contributed by atoms with Gasteiger partial charge in [0.05, 0.1) is 18.3 Å². The number of carbonyl (C=O) groups excluding carboxylic acids is 2. The molecule has 1 N–H and O–H groups in total. The minimum atomic E-state index is -1.55. The molecule has 21 heavy (non-hydrogen) atoms. The van der Waals surface area contributed by atoms with Crippen molar-refractivity contribution in [3.05, 3.63) is 52.3 Å². The molecule has 2 aromatic rings. The lowest BCUT2D eigenvalue weighted by molar-refractivity contribution is -0.301. The second-order valence-corrected chi connectivity index (χ2v) is 4.95. The second-order valence-electron chi connectivity index (χ2n) is 4.21. The van der Waals surface area contributed by atoms with Crippen LogP contribution in [-0.4, -0.2) is 21.9 Å². The Balaban J connectivity index is 0.000000240. The molecule has 0 radical (unpaired) electrons. The lowest BCUT2D eigenvalue weighted by atomic mass is 9.98. The van der Waals surface area contributed by atoms with Crippen molar-refractivity contribution >= 4 is 23.3 Å². The van der Waals surface area contributed by atoms with E-state index in [2.05, 4.69) is 34.6 Å². The topological polar surface area (TPSA) is 109 Å². The third-order valence-electron chi connectivity index (χ3n) is 2.70. The molecule has 0 saturated heterocycles. The van der Waals surface area contributed by atoms with Crippen LogP contribution in [-0.2, 0) is 9.59 Å². The summed E-state index contributed by atoms with van der Waals surface area (Å²) in [6.07, 6.45) is 4.39. The molecule has 2 aromatic heterocycles. The Bertz CT molecular complexity index is 601. The number of H-pyrrole nitrogens is 1. The Hall–Kier alpha value is -2.41. The van der Waals surface area contributed by atoms with E-state index in [1.807, 2.05) is 6.20 Å². The maximum atomic E-state index is 9.41. The zero-order chi connectivity index (χ0) is 15.8. The summed E-state index contributed by atoms with van der Waals surface area (Å²) in [6, 6.07) is 0. The molecule has 7 heteroatoms. The van der Waals surface area contributed by atoms with Gasteiger partial charge in [0, 0.05) is 17.8 Å². The molecule has 0 aliphatic heterocycles. The van der Waals surface area contributed by atoms with Gasteiger partial charge in [-0.05, 0) is 41.0 Å². The molecule has 0 aromatic carbocycles. The zero-order valence-electron chi connectivity index (χ0n) is 11.5. The number of aliphatic carboxylic acids is 2. The van der Waals surface area contributed by atoms with Crippen molar-refractivity contribution in [2.75, 3.05) is 0 Å². The van der Waals surface area contributed by atoms with E-state index in [9.17, 15) is 19.8 Å². The summed E-state index contributed by atoms with van der Waals surface area (Å²) in [6.45, 7) is 4.35. The summed E-state index contributed by atoms with van der Waals surface area (Å²) in [5.41, 5.74) is 3.95. The van der Waals surface area contributed by atoms with Crippen molar-refractivity contribution in [2.45, 2.75) is 19.8 Å². The lowest BCUT2D eigenvalue weighted by Crippen LogP contribution is -2.23. The molecule has 0 spiro atoms. The molecule has 0 saturated carbocycles. The maximum absolute atomic E-state index is 9.41. The molecule has 1 unspecified atom stereocenters. The first kappa shape index (κ1) is 16.6. The Morgan fingerprint density at radius 3 is 2.29 bits per heavy atom. The number of carboxylic acid groups (broad SMARTS) is 2. The van der Waals surface area contributed by atoms with Crippen LogP contribution in [0.1, 0.15) is 29.7 Å². The number of rotatable bonds is 4. The third-order valence-corrected chi connectivity index (χ3v) is 3.58. The predicted molar refractivity (Wildman–Crippen MR) is 74.3 cm³/mol. The fourth-order valence-corrected chi connectivity index (χ4v) is 2.57. The van der Waals surface area contributed by atoms with Gasteiger partial charge < -0.3 is 24.8 Å². The first-order chi connectivity index (χ1) is 9.91. The lowest BCUT2D eigenvalue weighted by Gasteiger charge is -2.08. The maximum Gasteiger partial charge on any atom is 0.0921 e. The first-order valence-electron chi connectivity index (χ1n) is 6.02. The van der Waals surface area contributed by atoms with E-state index >= 15 is 0 Å². The minimum Gasteiger partial charge on any atom is -0.545 e. The number of thiophene rings is 1. The van der Waals surface area contributed by atoms with Crippen LogP contribution in [0.2, 0.25) is 0 Å². The van der Waals surface area contributed by atoms with E-state index in [0.29, 0.717) is 18.1 Å². The van der Waals surface area contributed by atoms with Crippen LogP contribution in [0, 0.1) is 6.92 Å². The molecular weight excluding hydrogens is 292 g/mol. The Kier molecular flexibility index (Phi) is 6.35. The second kappa shape index (κ2) is 8.01. The van der Waals surface area contributed by atoms with Gasteiger partial charge in [0.25, 0.3) is 0 Å². The van der Waals surface area contributed by atoms with E-state index < -0.39 is 11.9 Å². The van der Waals surface area contributed by atoms with Crippen molar-refractivity contribution in [1.29, 1.82) is 0 Å². The zero-order valence-corrected chi connectivity index (χ0v) is 12.3. The molecule has 1 atom stereocenters. The smallest absolute Gasteiger partial charge is 0.0921 e. The molecule has 112 valence electrons. The number of hydrogen-bond acceptors (Lipinski definition) is 6. The first-order valence-corrected chi connectivity index (χ1v) is 6.97. The van der Waals surface area contributed by atoms with Crippen LogP contribution < -0.4 is 10.2 Å². The molecule has 0 aliphatic carbocycles. The normalized spacial score (nSPS) is 11.7. The van der Waals surface area contributed by atoms with Gasteiger partial charge in [0.1, 0.15) is 0 Å². The monoisotopic (exact) mass is 306 g/mol. The van der Waals surface area contributed by atoms with Crippen molar-refractivity contribution in [3.63, 3.8) is 0 Å². The number of imidazole rings is 1. The van der Waals surface area contributed by atoms with Crippen molar-refractivity contribution in [1.82, 2.24) is 9.97 Å². The number of nitrogens with one attached hydrogen (secondary N) is 1. The van der Waals surface area contributed by atoms with Crippen LogP contribution in [0.5, 0.6) is 0 Å². The highest BCUT2D eigenvalue weighted by atomic mass is 32.1. The predicted octanol–water partition coefficient (Wildman–Crippen LogP) is -0.0262. The standard InChI is InChI=1S/C10H12N2S.C4H4O4/c1-7-4-13-5-9(7)8(2)10-3-11-6-12-10;5-3(6)1-2-4(7)8/h3-6,8H,1-2H3,(H,11,12);1-2H,(H,5,6)(H,7,8)/p-2/b;2-1+. The van der Waals surface area contributed by atoms with Gasteiger partial charge in [-0.3, -0.25) is 0 Å². The van der Waals surface area contributed by atoms with Gasteiger partial charge in [0.15, 0.2) is 0 Å². The molecule has 0 aliphatic rings. The van der Waals surface area contributed by atoms with Crippen LogP contribution in [0.25, 0.3) is 0 Å². The largest absolute Gasteiger partial charge is 0.545 e. The number of carboxylic acids is 2. The SMILES string of the molecule is Cc1cscc1C(C)c1cnc[nH]1.O=C([O-])/C=C/C(=O)[O-]. The molecule has 0 fully saturated rings. The number of carbonyl (C=O) groups is 2. The summed E-state index contributed by atoms with van der Waals surface area (Å²) in [5.74, 6) is -2.67. The van der Waals surface area contributed by atoms with Crippen LogP contribution in [0.3, 0.4) is 0 Å². The molecule has 2 rings (SSSR count). The van der Waals surface area contributed by atoms with Crippen molar-refractivity contribution < 1.29 is 19.8 Å². The molecule has 0 amide bonds. The van der Waals surface area contributed by atoms with E-state index in [1.165, 1.54) is 16.8 Å². The average Bonchev–Trinajstić information content (AvgIpc) is 3.07. The highest BCUT2D eigenvalue weighted by Crippen LogP contribution is 2.27. The van der Waals surface area contributed by atoms with E-state index in [0.717, 1.165) is 0 Å². The molecule has 2 heterocycles. The number of aryl methyl sites for hydroxylation is 1. The summed E-state index contributed by atoms with van der Waals surface area (Å²) >= 11 is 1.76. The van der Waals surface area contributed by atoms with Gasteiger partial charge in [-0.25, -0.2) is 4.98 Å². The van der Waals surface area contributed by atoms with E-state index in [1.54, 1.807) is 17.7 Å². The van der Waals surface area contributed by atoms with Crippen molar-refractivity contribution in [2.24, 2.45) is 0 Å². The summed E-state index contributed by atoms with van der Waals surface area (Å²) in [5, 5.41) is 23.2. The summed E-state index contributed by atoms with van der Waals surface area (Å²) in [7, 11) is 0. The fraction of sp³-hybridized carbons (Fsp3) is 0.214. The van der Waals surface area contributed by atoms with Gasteiger partial charge in [-0.15, -0.1) is 0 Å². The quantitative estimate of drug-likeness (QED) is 0.798. The van der Waals surface area contributed by atoms with Gasteiger partial charge in [-0.2, -0.15) is 11.3 Å². The Labute approximate surface area is 125 Å². The number of nitrogens with zero attached hydrogens (tertiary/aromatic N) is 1. The van der Waals surface area contributed by atoms with E-state index in [4.69, 9.17) is 0 Å². The van der Waals surface area contributed by atoms with E-state index in [-0.39, 0.29) is 0 Å². The summed E-state index contributed by atoms with van der Waals surface area (Å²) < 4.78 is 0. The minimum absolute atomic E-state index is 0.384. The summed E-state index contributed by atoms with van der Waals surface area (Å²) in [4.78, 5) is 26.0. The van der Waals surface area contributed by atoms with Gasteiger partial charge in [0.2, 0.25) is 0 Å². The van der Waals surface area contributed by atoms with Gasteiger partial charge in [-0.1, -0.05) is 6.92 Å². The van der Waals surface area contributed by atoms with Crippen molar-refractivity contribution in [3.8, 4) is 0 Å². The fourth-order valence-electron chi connectivity index (χ4n) is 1.62. The average molecular weight is 306 g/mol. The highest BCUT2D eigenvalue weighted by molar-refractivity contribution is 7.08.